The molecule has 3 nitrogen and oxygen atoms in total. The summed E-state index contributed by atoms with van der Waals surface area (Å²) < 4.78 is 0. The number of hydrogen-bond acceptors (Lipinski definition) is 2. The molecule has 0 fully saturated rings. The van der Waals surface area contributed by atoms with E-state index in [9.17, 15) is 9.90 Å². The van der Waals surface area contributed by atoms with E-state index < -0.39 is 6.10 Å². The topological polar surface area (TPSA) is 49.3 Å². The van der Waals surface area contributed by atoms with Gasteiger partial charge in [0, 0.05) is 17.4 Å². The molecule has 2 rings (SSSR count). The minimum absolute atomic E-state index is 0.0634. The van der Waals surface area contributed by atoms with Crippen molar-refractivity contribution in [2.75, 3.05) is 10.6 Å². The van der Waals surface area contributed by atoms with Gasteiger partial charge in [0.05, 0.1) is 6.10 Å². The normalized spacial score (nSPS) is 16.0. The largest absolute Gasteiger partial charge is 0.388 e. The molecule has 0 saturated heterocycles. The van der Waals surface area contributed by atoms with Crippen molar-refractivity contribution in [2.45, 2.75) is 38.2 Å². The number of benzene rings is 1. The Morgan fingerprint density at radius 1 is 1.33 bits per heavy atom. The fraction of sp³-hybridized carbons (Fsp3) is 0.500. The highest BCUT2D eigenvalue weighted by atomic mass is 79.9. The number of nitrogens with one attached hydrogen (secondary N) is 1. The minimum Gasteiger partial charge on any atom is -0.388 e. The summed E-state index contributed by atoms with van der Waals surface area (Å²) in [4.78, 5) is 11.3. The van der Waals surface area contributed by atoms with Crippen LogP contribution in [0.1, 0.15) is 42.9 Å². The highest BCUT2D eigenvalue weighted by Gasteiger charge is 2.16. The lowest BCUT2D eigenvalue weighted by Gasteiger charge is -2.19. The van der Waals surface area contributed by atoms with E-state index in [4.69, 9.17) is 0 Å². The lowest BCUT2D eigenvalue weighted by molar-refractivity contribution is -0.116. The summed E-state index contributed by atoms with van der Waals surface area (Å²) in [6.07, 6.45) is 3.74. The zero-order chi connectivity index (χ0) is 13.0. The van der Waals surface area contributed by atoms with E-state index in [0.717, 1.165) is 47.8 Å². The molecule has 98 valence electrons. The molecule has 1 amide bonds. The van der Waals surface area contributed by atoms with Gasteiger partial charge in [-0.25, -0.2) is 0 Å². The monoisotopic (exact) mass is 311 g/mol. The Morgan fingerprint density at radius 2 is 2.17 bits per heavy atom. The first-order valence-electron chi connectivity index (χ1n) is 6.37. The molecule has 1 aromatic carbocycles. The van der Waals surface area contributed by atoms with Crippen LogP contribution in [0.3, 0.4) is 0 Å². The van der Waals surface area contributed by atoms with Crippen LogP contribution in [-0.4, -0.2) is 16.3 Å². The zero-order valence-electron chi connectivity index (χ0n) is 10.3. The Labute approximate surface area is 116 Å². The molecule has 0 aliphatic carbocycles. The van der Waals surface area contributed by atoms with Gasteiger partial charge in [0.2, 0.25) is 5.91 Å². The summed E-state index contributed by atoms with van der Waals surface area (Å²) in [5.41, 5.74) is 2.92. The van der Waals surface area contributed by atoms with Gasteiger partial charge in [-0.2, -0.15) is 0 Å². The minimum atomic E-state index is -0.437. The van der Waals surface area contributed by atoms with Crippen molar-refractivity contribution in [3.8, 4) is 0 Å². The van der Waals surface area contributed by atoms with Crippen molar-refractivity contribution in [1.82, 2.24) is 0 Å². The lowest BCUT2D eigenvalue weighted by atomic mass is 9.97. The van der Waals surface area contributed by atoms with Gasteiger partial charge in [-0.3, -0.25) is 4.79 Å². The number of halogens is 1. The Bertz CT molecular complexity index is 434. The lowest BCUT2D eigenvalue weighted by Crippen LogP contribution is -2.19. The van der Waals surface area contributed by atoms with Crippen molar-refractivity contribution in [3.63, 3.8) is 0 Å². The fourth-order valence-electron chi connectivity index (χ4n) is 2.20. The van der Waals surface area contributed by atoms with Crippen LogP contribution in [0.5, 0.6) is 0 Å². The number of aliphatic hydroxyl groups excluding tert-OH is 1. The molecule has 1 aromatic rings. The molecule has 0 aromatic heterocycles. The van der Waals surface area contributed by atoms with Crippen LogP contribution in [0, 0.1) is 0 Å². The second-order valence-corrected chi connectivity index (χ2v) is 5.46. The van der Waals surface area contributed by atoms with Crippen LogP contribution in [0.15, 0.2) is 18.2 Å². The molecule has 0 radical (unpaired) electrons. The van der Waals surface area contributed by atoms with Gasteiger partial charge >= 0.3 is 0 Å². The third-order valence-electron chi connectivity index (χ3n) is 3.28. The summed E-state index contributed by atoms with van der Waals surface area (Å²) in [6, 6.07) is 5.89. The van der Waals surface area contributed by atoms with Gasteiger partial charge < -0.3 is 10.4 Å². The maximum atomic E-state index is 11.3. The quantitative estimate of drug-likeness (QED) is 0.648. The average molecular weight is 312 g/mol. The van der Waals surface area contributed by atoms with Crippen molar-refractivity contribution in [1.29, 1.82) is 0 Å². The number of rotatable bonds is 5. The molecule has 18 heavy (non-hydrogen) atoms. The van der Waals surface area contributed by atoms with E-state index in [1.165, 1.54) is 0 Å². The van der Waals surface area contributed by atoms with Gasteiger partial charge in [0.1, 0.15) is 0 Å². The molecule has 1 atom stereocenters. The van der Waals surface area contributed by atoms with Crippen LogP contribution in [0.2, 0.25) is 0 Å². The Balaban J connectivity index is 2.05. The van der Waals surface area contributed by atoms with Crippen molar-refractivity contribution in [2.24, 2.45) is 0 Å². The maximum Gasteiger partial charge on any atom is 0.224 e. The molecule has 0 saturated carbocycles. The van der Waals surface area contributed by atoms with Crippen LogP contribution in [-0.2, 0) is 11.2 Å². The van der Waals surface area contributed by atoms with Crippen LogP contribution < -0.4 is 5.32 Å². The number of amides is 1. The van der Waals surface area contributed by atoms with Gasteiger partial charge in [-0.05, 0) is 42.9 Å². The van der Waals surface area contributed by atoms with E-state index in [-0.39, 0.29) is 5.91 Å². The summed E-state index contributed by atoms with van der Waals surface area (Å²) in [5.74, 6) is 0.0634. The second kappa shape index (κ2) is 6.34. The number of carbonyl (C=O) groups is 1. The number of aryl methyl sites for hydroxylation is 1. The highest BCUT2D eigenvalue weighted by molar-refractivity contribution is 9.09. The van der Waals surface area contributed by atoms with Gasteiger partial charge in [-0.1, -0.05) is 28.1 Å². The summed E-state index contributed by atoms with van der Waals surface area (Å²) in [7, 11) is 0. The van der Waals surface area contributed by atoms with E-state index >= 15 is 0 Å². The molecular weight excluding hydrogens is 294 g/mol. The zero-order valence-corrected chi connectivity index (χ0v) is 11.9. The predicted octanol–water partition coefficient (Wildman–Crippen LogP) is 3.17. The highest BCUT2D eigenvalue weighted by Crippen LogP contribution is 2.28. The van der Waals surface area contributed by atoms with Crippen molar-refractivity contribution >= 4 is 27.5 Å². The third-order valence-corrected chi connectivity index (χ3v) is 3.84. The number of carbonyl (C=O) groups excluding carboxylic acids is 1. The molecule has 1 aliphatic rings. The molecule has 1 aliphatic heterocycles. The smallest absolute Gasteiger partial charge is 0.224 e. The number of hydrogen-bond donors (Lipinski definition) is 2. The number of aliphatic hydroxyl groups is 1. The number of anilines is 1. The Kier molecular flexibility index (Phi) is 4.78. The first-order valence-corrected chi connectivity index (χ1v) is 7.49. The molecular formula is C14H18BrNO2. The maximum absolute atomic E-state index is 11.3. The van der Waals surface area contributed by atoms with Crippen molar-refractivity contribution in [3.05, 3.63) is 29.3 Å². The fourth-order valence-corrected chi connectivity index (χ4v) is 2.59. The van der Waals surface area contributed by atoms with Gasteiger partial charge in [0.25, 0.3) is 0 Å². The second-order valence-electron chi connectivity index (χ2n) is 4.67. The van der Waals surface area contributed by atoms with Crippen LogP contribution >= 0.6 is 15.9 Å². The van der Waals surface area contributed by atoms with Crippen LogP contribution in [0.25, 0.3) is 0 Å². The average Bonchev–Trinajstić information content (AvgIpc) is 2.38. The van der Waals surface area contributed by atoms with Gasteiger partial charge in [-0.15, -0.1) is 0 Å². The molecule has 0 spiro atoms. The molecule has 1 heterocycles. The third kappa shape index (κ3) is 3.33. The van der Waals surface area contributed by atoms with E-state index in [0.29, 0.717) is 6.42 Å². The standard InChI is InChI=1S/C14H18BrNO2/c15-8-2-1-3-13(17)11-5-4-10-6-7-14(18)16-12(10)9-11/h4-5,9,13,17H,1-3,6-8H2,(H,16,18)/t13-/m1/s1. The SMILES string of the molecule is O=C1CCc2ccc([C@H](O)CCCCBr)cc2N1. The van der Waals surface area contributed by atoms with E-state index in [1.807, 2.05) is 18.2 Å². The van der Waals surface area contributed by atoms with E-state index in [2.05, 4.69) is 21.2 Å². The van der Waals surface area contributed by atoms with Crippen molar-refractivity contribution < 1.29 is 9.90 Å². The molecule has 0 bridgehead atoms. The number of alkyl halides is 1. The summed E-state index contributed by atoms with van der Waals surface area (Å²) in [5, 5.41) is 13.9. The Hall–Kier alpha value is -0.870. The van der Waals surface area contributed by atoms with E-state index in [1.54, 1.807) is 0 Å². The first kappa shape index (κ1) is 13.6. The molecule has 0 unspecified atom stereocenters. The van der Waals surface area contributed by atoms with Gasteiger partial charge in [0.15, 0.2) is 0 Å². The summed E-state index contributed by atoms with van der Waals surface area (Å²) >= 11 is 3.38. The molecule has 2 N–H and O–H groups in total. The molecule has 4 heteroatoms. The summed E-state index contributed by atoms with van der Waals surface area (Å²) in [6.45, 7) is 0. The first-order chi connectivity index (χ1) is 8.70. The van der Waals surface area contributed by atoms with Crippen LogP contribution in [0.4, 0.5) is 5.69 Å². The number of fused-ring (bicyclic) bond motifs is 1. The predicted molar refractivity (Wildman–Crippen MR) is 76.0 cm³/mol. The Morgan fingerprint density at radius 3 is 2.94 bits per heavy atom. The number of unbranched alkanes of at least 4 members (excludes halogenated alkanes) is 1.